The molecule has 2 aliphatic rings. The van der Waals surface area contributed by atoms with E-state index in [1.165, 1.54) is 5.69 Å². The Hall–Kier alpha value is -2.16. The van der Waals surface area contributed by atoms with Gasteiger partial charge in [0.25, 0.3) is 0 Å². The Labute approximate surface area is 130 Å². The summed E-state index contributed by atoms with van der Waals surface area (Å²) in [7, 11) is 0. The second-order valence-electron chi connectivity index (χ2n) is 5.98. The summed E-state index contributed by atoms with van der Waals surface area (Å²) in [6.07, 6.45) is 1.76. The van der Waals surface area contributed by atoms with Gasteiger partial charge in [0, 0.05) is 62.6 Å². The molecule has 2 aromatic rings. The molecule has 22 heavy (non-hydrogen) atoms. The Morgan fingerprint density at radius 3 is 3.09 bits per heavy atom. The Bertz CT molecular complexity index is 735. The Kier molecular flexibility index (Phi) is 3.41. The number of piperazine rings is 2. The maximum atomic E-state index is 9.27. The first-order valence-electron chi connectivity index (χ1n) is 7.84. The van der Waals surface area contributed by atoms with Gasteiger partial charge in [0.15, 0.2) is 0 Å². The summed E-state index contributed by atoms with van der Waals surface area (Å²) in [6.45, 7) is 6.47. The third-order valence-electron chi connectivity index (χ3n) is 4.77. The third-order valence-corrected chi connectivity index (χ3v) is 4.77. The highest BCUT2D eigenvalue weighted by Gasteiger charge is 2.29. The highest BCUT2D eigenvalue weighted by Crippen LogP contribution is 2.29. The number of anilines is 1. The van der Waals surface area contributed by atoms with Crippen molar-refractivity contribution in [2.45, 2.75) is 6.04 Å². The average molecular weight is 293 g/mol. The largest absolute Gasteiger partial charge is 0.368 e. The average Bonchev–Trinajstić information content (AvgIpc) is 2.60. The van der Waals surface area contributed by atoms with Gasteiger partial charge < -0.3 is 10.2 Å². The molecule has 0 saturated carbocycles. The molecule has 0 radical (unpaired) electrons. The number of nitrogens with zero attached hydrogens (tertiary/aromatic N) is 4. The highest BCUT2D eigenvalue weighted by atomic mass is 15.3. The van der Waals surface area contributed by atoms with Crippen LogP contribution in [0.25, 0.3) is 10.9 Å². The molecule has 2 saturated heterocycles. The van der Waals surface area contributed by atoms with E-state index in [2.05, 4.69) is 38.3 Å². The molecule has 2 aliphatic heterocycles. The van der Waals surface area contributed by atoms with Crippen molar-refractivity contribution >= 4 is 16.6 Å². The van der Waals surface area contributed by atoms with Crippen LogP contribution in [0.5, 0.6) is 0 Å². The minimum atomic E-state index is 0.574. The van der Waals surface area contributed by atoms with Crippen molar-refractivity contribution in [1.29, 1.82) is 5.26 Å². The fourth-order valence-electron chi connectivity index (χ4n) is 3.61. The highest BCUT2D eigenvalue weighted by molar-refractivity contribution is 5.95. The van der Waals surface area contributed by atoms with Gasteiger partial charge in [-0.05, 0) is 24.3 Å². The lowest BCUT2D eigenvalue weighted by Crippen LogP contribution is -2.61. The van der Waals surface area contributed by atoms with Crippen LogP contribution in [-0.2, 0) is 0 Å². The molecule has 112 valence electrons. The van der Waals surface area contributed by atoms with Crippen molar-refractivity contribution < 1.29 is 0 Å². The van der Waals surface area contributed by atoms with Crippen molar-refractivity contribution in [2.75, 3.05) is 44.2 Å². The number of benzene rings is 1. The number of nitriles is 1. The van der Waals surface area contributed by atoms with Crippen molar-refractivity contribution in [3.05, 3.63) is 36.0 Å². The van der Waals surface area contributed by atoms with Crippen LogP contribution in [0.2, 0.25) is 0 Å². The maximum Gasteiger partial charge on any atom is 0.101 e. The summed E-state index contributed by atoms with van der Waals surface area (Å²) in [6, 6.07) is 10.8. The quantitative estimate of drug-likeness (QED) is 0.856. The lowest BCUT2D eigenvalue weighted by atomic mass is 10.0. The number of rotatable bonds is 1. The van der Waals surface area contributed by atoms with Crippen LogP contribution in [0.4, 0.5) is 5.69 Å². The first-order valence-corrected chi connectivity index (χ1v) is 7.84. The van der Waals surface area contributed by atoms with Gasteiger partial charge in [0.05, 0.1) is 11.1 Å². The van der Waals surface area contributed by atoms with Gasteiger partial charge in [-0.25, -0.2) is 0 Å². The monoisotopic (exact) mass is 293 g/mol. The number of fused-ring (bicyclic) bond motifs is 2. The van der Waals surface area contributed by atoms with Crippen LogP contribution in [0, 0.1) is 11.3 Å². The van der Waals surface area contributed by atoms with E-state index in [9.17, 15) is 5.26 Å². The molecule has 1 unspecified atom stereocenters. The van der Waals surface area contributed by atoms with Crippen molar-refractivity contribution in [2.24, 2.45) is 0 Å². The summed E-state index contributed by atoms with van der Waals surface area (Å²) in [5.41, 5.74) is 2.66. The van der Waals surface area contributed by atoms with E-state index in [-0.39, 0.29) is 0 Å². The summed E-state index contributed by atoms with van der Waals surface area (Å²) in [4.78, 5) is 9.44. The van der Waals surface area contributed by atoms with Crippen LogP contribution < -0.4 is 10.2 Å². The smallest absolute Gasteiger partial charge is 0.101 e. The van der Waals surface area contributed by atoms with Gasteiger partial charge in [0.1, 0.15) is 6.07 Å². The zero-order valence-electron chi connectivity index (χ0n) is 12.5. The molecule has 4 rings (SSSR count). The molecular formula is C17H19N5. The van der Waals surface area contributed by atoms with Gasteiger partial charge >= 0.3 is 0 Å². The van der Waals surface area contributed by atoms with Gasteiger partial charge in [-0.2, -0.15) is 5.26 Å². The van der Waals surface area contributed by atoms with Crippen molar-refractivity contribution in [3.8, 4) is 6.07 Å². The molecule has 3 heterocycles. The minimum absolute atomic E-state index is 0.574. The van der Waals surface area contributed by atoms with Crippen LogP contribution in [0.3, 0.4) is 0 Å². The normalized spacial score (nSPS) is 22.3. The molecule has 5 nitrogen and oxygen atoms in total. The Morgan fingerprint density at radius 1 is 1.23 bits per heavy atom. The first-order chi connectivity index (χ1) is 10.9. The zero-order chi connectivity index (χ0) is 14.9. The first kappa shape index (κ1) is 13.5. The molecule has 0 spiro atoms. The van der Waals surface area contributed by atoms with Crippen molar-refractivity contribution in [3.63, 3.8) is 0 Å². The van der Waals surface area contributed by atoms with E-state index in [0.717, 1.165) is 50.2 Å². The molecule has 0 bridgehead atoms. The summed E-state index contributed by atoms with van der Waals surface area (Å²) in [5, 5.41) is 13.8. The fourth-order valence-corrected chi connectivity index (χ4v) is 3.61. The number of hydrogen-bond donors (Lipinski definition) is 1. The lowest BCUT2D eigenvalue weighted by molar-refractivity contribution is 0.146. The molecule has 0 aliphatic carbocycles. The predicted molar refractivity (Wildman–Crippen MR) is 86.9 cm³/mol. The second kappa shape index (κ2) is 5.56. The number of hydrogen-bond acceptors (Lipinski definition) is 5. The van der Waals surface area contributed by atoms with E-state index in [1.807, 2.05) is 12.1 Å². The van der Waals surface area contributed by atoms with E-state index in [1.54, 1.807) is 6.20 Å². The Balaban J connectivity index is 1.71. The van der Waals surface area contributed by atoms with Crippen LogP contribution in [0.1, 0.15) is 5.56 Å². The predicted octanol–water partition coefficient (Wildman–Crippen LogP) is 1.20. The van der Waals surface area contributed by atoms with E-state index < -0.39 is 0 Å². The molecule has 1 aromatic heterocycles. The van der Waals surface area contributed by atoms with Gasteiger partial charge in [0.2, 0.25) is 0 Å². The topological polar surface area (TPSA) is 55.2 Å². The summed E-state index contributed by atoms with van der Waals surface area (Å²) >= 11 is 0. The second-order valence-corrected chi connectivity index (χ2v) is 5.98. The van der Waals surface area contributed by atoms with Gasteiger partial charge in [-0.15, -0.1) is 0 Å². The van der Waals surface area contributed by atoms with Crippen molar-refractivity contribution in [1.82, 2.24) is 15.2 Å². The molecule has 5 heteroatoms. The molecular weight excluding hydrogens is 274 g/mol. The molecule has 1 atom stereocenters. The molecule has 2 fully saturated rings. The third kappa shape index (κ3) is 2.21. The SMILES string of the molecule is N#Cc1ccc(N2CCN3CCNCC3C2)c2cccnc12. The number of nitrogens with one attached hydrogen (secondary N) is 1. The van der Waals surface area contributed by atoms with E-state index in [0.29, 0.717) is 11.6 Å². The lowest BCUT2D eigenvalue weighted by Gasteiger charge is -2.45. The summed E-state index contributed by atoms with van der Waals surface area (Å²) in [5.74, 6) is 0. The standard InChI is InChI=1S/C17H19N5/c18-10-13-3-4-16(15-2-1-5-20-17(13)15)22-9-8-21-7-6-19-11-14(21)12-22/h1-5,14,19H,6-9,11-12H2. The van der Waals surface area contributed by atoms with E-state index in [4.69, 9.17) is 0 Å². The van der Waals surface area contributed by atoms with Crippen LogP contribution in [0.15, 0.2) is 30.5 Å². The maximum absolute atomic E-state index is 9.27. The van der Waals surface area contributed by atoms with Crippen LogP contribution >= 0.6 is 0 Å². The fraction of sp³-hybridized carbons (Fsp3) is 0.412. The van der Waals surface area contributed by atoms with Crippen LogP contribution in [-0.4, -0.2) is 55.2 Å². The number of aromatic nitrogens is 1. The Morgan fingerprint density at radius 2 is 2.18 bits per heavy atom. The molecule has 1 aromatic carbocycles. The van der Waals surface area contributed by atoms with Gasteiger partial charge in [-0.1, -0.05) is 0 Å². The minimum Gasteiger partial charge on any atom is -0.368 e. The van der Waals surface area contributed by atoms with Gasteiger partial charge in [-0.3, -0.25) is 9.88 Å². The molecule has 0 amide bonds. The van der Waals surface area contributed by atoms with E-state index >= 15 is 0 Å². The number of pyridine rings is 1. The zero-order valence-corrected chi connectivity index (χ0v) is 12.5. The summed E-state index contributed by atoms with van der Waals surface area (Å²) < 4.78 is 0. The molecule has 1 N–H and O–H groups in total.